The largest absolute Gasteiger partial charge is 0.478 e. The van der Waals surface area contributed by atoms with Gasteiger partial charge in [-0.2, -0.15) is 0 Å². The lowest BCUT2D eigenvalue weighted by Crippen LogP contribution is -2.15. The zero-order valence-electron chi connectivity index (χ0n) is 11.4. The molecular weight excluding hydrogens is 286 g/mol. The van der Waals surface area contributed by atoms with Crippen LogP contribution in [0.4, 0.5) is 0 Å². The Labute approximate surface area is 125 Å². The maximum Gasteiger partial charge on any atom is 0.335 e. The van der Waals surface area contributed by atoms with E-state index in [0.29, 0.717) is 18.4 Å². The van der Waals surface area contributed by atoms with Crippen molar-refractivity contribution in [1.82, 2.24) is 4.98 Å². The number of rotatable bonds is 2. The Kier molecular flexibility index (Phi) is 3.43. The summed E-state index contributed by atoms with van der Waals surface area (Å²) in [6.07, 6.45) is 4.97. The van der Waals surface area contributed by atoms with Crippen molar-refractivity contribution in [3.05, 3.63) is 56.5 Å². The summed E-state index contributed by atoms with van der Waals surface area (Å²) in [6, 6.07) is 4.70. The molecule has 0 aliphatic heterocycles. The normalized spacial score (nSPS) is 16.0. The third kappa shape index (κ3) is 2.64. The average Bonchev–Trinajstić information content (AvgIpc) is 2.87. The molecule has 0 amide bonds. The highest BCUT2D eigenvalue weighted by atomic mass is 32.1. The first-order chi connectivity index (χ1) is 10.0. The molecule has 4 nitrogen and oxygen atoms in total. The predicted molar refractivity (Wildman–Crippen MR) is 80.9 cm³/mol. The number of aromatic carboxylic acids is 1. The van der Waals surface area contributed by atoms with Gasteiger partial charge in [-0.1, -0.05) is 0 Å². The number of carbonyl (C=O) groups excluding carboxylic acids is 1. The Morgan fingerprint density at radius 2 is 2.19 bits per heavy atom. The molecule has 1 aliphatic carbocycles. The van der Waals surface area contributed by atoms with Crippen LogP contribution in [0, 0.1) is 6.92 Å². The van der Waals surface area contributed by atoms with Gasteiger partial charge in [0.25, 0.3) is 0 Å². The van der Waals surface area contributed by atoms with Crippen molar-refractivity contribution in [3.8, 4) is 0 Å². The third-order valence-corrected chi connectivity index (χ3v) is 4.37. The van der Waals surface area contributed by atoms with Crippen LogP contribution in [-0.2, 0) is 6.42 Å². The van der Waals surface area contributed by atoms with Gasteiger partial charge in [-0.3, -0.25) is 4.79 Å². The van der Waals surface area contributed by atoms with Crippen molar-refractivity contribution in [3.63, 3.8) is 0 Å². The van der Waals surface area contributed by atoms with Crippen molar-refractivity contribution in [1.29, 1.82) is 0 Å². The molecule has 1 aromatic carbocycles. The van der Waals surface area contributed by atoms with Crippen LogP contribution in [0.5, 0.6) is 0 Å². The zero-order chi connectivity index (χ0) is 15.0. The number of thiazole rings is 1. The van der Waals surface area contributed by atoms with Crippen molar-refractivity contribution >= 4 is 29.2 Å². The van der Waals surface area contributed by atoms with E-state index in [1.165, 1.54) is 6.07 Å². The van der Waals surface area contributed by atoms with Gasteiger partial charge >= 0.3 is 5.97 Å². The highest BCUT2D eigenvalue weighted by Gasteiger charge is 2.23. The second-order valence-electron chi connectivity index (χ2n) is 4.96. The van der Waals surface area contributed by atoms with Gasteiger partial charge in [0.1, 0.15) is 0 Å². The van der Waals surface area contributed by atoms with Gasteiger partial charge in [-0.25, -0.2) is 9.78 Å². The highest BCUT2D eigenvalue weighted by molar-refractivity contribution is 7.12. The Balaban J connectivity index is 1.96. The summed E-state index contributed by atoms with van der Waals surface area (Å²) in [5, 5.41) is 9.97. The fraction of sp³-hybridized carbons (Fsp3) is 0.188. The third-order valence-electron chi connectivity index (χ3n) is 3.51. The molecule has 1 heterocycles. The van der Waals surface area contributed by atoms with Crippen LogP contribution in [0.25, 0.3) is 6.08 Å². The van der Waals surface area contributed by atoms with Gasteiger partial charge in [0, 0.05) is 22.2 Å². The average molecular weight is 299 g/mol. The minimum absolute atomic E-state index is 0.0146. The summed E-state index contributed by atoms with van der Waals surface area (Å²) in [5.41, 5.74) is 2.41. The summed E-state index contributed by atoms with van der Waals surface area (Å²) < 4.78 is 0. The first-order valence-electron chi connectivity index (χ1n) is 6.58. The summed E-state index contributed by atoms with van der Waals surface area (Å²) in [7, 11) is 0. The minimum atomic E-state index is -0.966. The molecule has 0 radical (unpaired) electrons. The first-order valence-corrected chi connectivity index (χ1v) is 7.40. The number of Topliss-reactive ketones (excluding diaryl/α,β-unsaturated/α-hetero) is 1. The number of hydrogen-bond acceptors (Lipinski definition) is 4. The van der Waals surface area contributed by atoms with Crippen molar-refractivity contribution in [2.45, 2.75) is 19.8 Å². The predicted octanol–water partition coefficient (Wildman–Crippen LogP) is 3.36. The number of carboxylic acids is 1. The number of hydrogen-bond donors (Lipinski definition) is 1. The SMILES string of the molecule is Cc1ncc(C=C2CCc3cc(C(=O)O)ccc3C2=O)s1. The fourth-order valence-corrected chi connectivity index (χ4v) is 3.22. The van der Waals surface area contributed by atoms with Crippen LogP contribution in [0.15, 0.2) is 30.0 Å². The van der Waals surface area contributed by atoms with E-state index in [-0.39, 0.29) is 11.3 Å². The molecule has 1 aliphatic rings. The second-order valence-corrected chi connectivity index (χ2v) is 6.22. The molecule has 0 fully saturated rings. The molecule has 3 rings (SSSR count). The van der Waals surface area contributed by atoms with E-state index < -0.39 is 5.97 Å². The van der Waals surface area contributed by atoms with Gasteiger partial charge in [0.2, 0.25) is 0 Å². The van der Waals surface area contributed by atoms with Gasteiger partial charge in [-0.15, -0.1) is 11.3 Å². The Hall–Kier alpha value is -2.27. The van der Waals surface area contributed by atoms with E-state index >= 15 is 0 Å². The number of carbonyl (C=O) groups is 2. The number of benzene rings is 1. The topological polar surface area (TPSA) is 67.3 Å². The van der Waals surface area contributed by atoms with E-state index in [0.717, 1.165) is 21.0 Å². The smallest absolute Gasteiger partial charge is 0.335 e. The molecule has 0 atom stereocenters. The van der Waals surface area contributed by atoms with Gasteiger partial charge in [0.15, 0.2) is 5.78 Å². The van der Waals surface area contributed by atoms with E-state index in [4.69, 9.17) is 5.11 Å². The van der Waals surface area contributed by atoms with Crippen LogP contribution in [0.1, 0.15) is 42.6 Å². The maximum atomic E-state index is 12.5. The monoisotopic (exact) mass is 299 g/mol. The fourth-order valence-electron chi connectivity index (χ4n) is 2.46. The number of allylic oxidation sites excluding steroid dienone is 1. The van der Waals surface area contributed by atoms with Crippen LogP contribution >= 0.6 is 11.3 Å². The number of ketones is 1. The first kappa shape index (κ1) is 13.7. The standard InChI is InChI=1S/C16H13NO3S/c1-9-17-8-13(21-9)7-11-3-2-10-6-12(16(19)20)4-5-14(10)15(11)18/h4-8H,2-3H2,1H3,(H,19,20). The minimum Gasteiger partial charge on any atom is -0.478 e. The summed E-state index contributed by atoms with van der Waals surface area (Å²) in [6.45, 7) is 1.93. The van der Waals surface area contributed by atoms with E-state index in [1.54, 1.807) is 29.7 Å². The molecule has 0 unspecified atom stereocenters. The number of aromatic nitrogens is 1. The summed E-state index contributed by atoms with van der Waals surface area (Å²) in [4.78, 5) is 28.6. The van der Waals surface area contributed by atoms with Crippen LogP contribution in [0.2, 0.25) is 0 Å². The number of carboxylic acid groups (broad SMARTS) is 1. The molecule has 0 bridgehead atoms. The summed E-state index contributed by atoms with van der Waals surface area (Å²) >= 11 is 1.55. The number of aryl methyl sites for hydroxylation is 2. The zero-order valence-corrected chi connectivity index (χ0v) is 12.2. The van der Waals surface area contributed by atoms with Gasteiger partial charge in [-0.05, 0) is 49.6 Å². The van der Waals surface area contributed by atoms with Gasteiger partial charge in [0.05, 0.1) is 10.6 Å². The maximum absolute atomic E-state index is 12.5. The highest BCUT2D eigenvalue weighted by Crippen LogP contribution is 2.28. The lowest BCUT2D eigenvalue weighted by atomic mass is 9.85. The molecule has 2 aromatic rings. The lowest BCUT2D eigenvalue weighted by Gasteiger charge is -2.17. The van der Waals surface area contributed by atoms with E-state index in [1.807, 2.05) is 13.0 Å². The Morgan fingerprint density at radius 1 is 1.38 bits per heavy atom. The lowest BCUT2D eigenvalue weighted by molar-refractivity contribution is 0.0696. The number of fused-ring (bicyclic) bond motifs is 1. The molecule has 1 N–H and O–H groups in total. The molecule has 106 valence electrons. The Morgan fingerprint density at radius 3 is 2.86 bits per heavy atom. The Bertz CT molecular complexity index is 774. The van der Waals surface area contributed by atoms with Crippen molar-refractivity contribution in [2.24, 2.45) is 0 Å². The quantitative estimate of drug-likeness (QED) is 0.863. The molecular formula is C16H13NO3S. The molecule has 0 spiro atoms. The summed E-state index contributed by atoms with van der Waals surface area (Å²) in [5.74, 6) is -0.981. The van der Waals surface area contributed by atoms with Crippen LogP contribution < -0.4 is 0 Å². The molecule has 1 aromatic heterocycles. The van der Waals surface area contributed by atoms with Gasteiger partial charge < -0.3 is 5.11 Å². The molecule has 0 saturated heterocycles. The molecule has 5 heteroatoms. The van der Waals surface area contributed by atoms with Crippen molar-refractivity contribution < 1.29 is 14.7 Å². The number of nitrogens with zero attached hydrogens (tertiary/aromatic N) is 1. The van der Waals surface area contributed by atoms with E-state index in [2.05, 4.69) is 4.98 Å². The molecule has 21 heavy (non-hydrogen) atoms. The van der Waals surface area contributed by atoms with E-state index in [9.17, 15) is 9.59 Å². The van der Waals surface area contributed by atoms with Crippen LogP contribution in [-0.4, -0.2) is 21.8 Å². The second kappa shape index (κ2) is 5.26. The molecule has 0 saturated carbocycles. The van der Waals surface area contributed by atoms with Crippen molar-refractivity contribution in [2.75, 3.05) is 0 Å². The van der Waals surface area contributed by atoms with Crippen LogP contribution in [0.3, 0.4) is 0 Å².